The van der Waals surface area contributed by atoms with Gasteiger partial charge in [-0.1, -0.05) is 13.8 Å². The van der Waals surface area contributed by atoms with Crippen LogP contribution in [0.5, 0.6) is 0 Å². The molecule has 2 rings (SSSR count). The second-order valence-electron chi connectivity index (χ2n) is 5.34. The summed E-state index contributed by atoms with van der Waals surface area (Å²) in [5.41, 5.74) is 0.903. The van der Waals surface area contributed by atoms with Crippen LogP contribution in [-0.4, -0.2) is 23.1 Å². The minimum atomic E-state index is 0.391. The molecule has 1 N–H and O–H groups in total. The van der Waals surface area contributed by atoms with E-state index in [9.17, 15) is 0 Å². The van der Waals surface area contributed by atoms with Crippen molar-refractivity contribution in [1.29, 1.82) is 0 Å². The van der Waals surface area contributed by atoms with E-state index in [4.69, 9.17) is 4.74 Å². The average molecular weight is 249 g/mol. The lowest BCUT2D eigenvalue weighted by Crippen LogP contribution is -2.26. The van der Waals surface area contributed by atoms with E-state index in [1.807, 2.05) is 7.05 Å². The fourth-order valence-corrected chi connectivity index (χ4v) is 2.41. The zero-order valence-corrected chi connectivity index (χ0v) is 11.5. The zero-order chi connectivity index (χ0) is 13.0. The Kier molecular flexibility index (Phi) is 4.53. The van der Waals surface area contributed by atoms with Gasteiger partial charge in [0.1, 0.15) is 5.82 Å². The number of ether oxygens (including phenoxy) is 1. The highest BCUT2D eigenvalue weighted by atomic mass is 16.5. The molecule has 1 heterocycles. The van der Waals surface area contributed by atoms with Crippen LogP contribution < -0.4 is 5.32 Å². The maximum atomic E-state index is 5.94. The van der Waals surface area contributed by atoms with Crippen molar-refractivity contribution >= 4 is 5.82 Å². The molecule has 0 radical (unpaired) electrons. The normalized spacial score (nSPS) is 28.1. The Hall–Kier alpha value is -1.16. The Morgan fingerprint density at radius 1 is 1.22 bits per heavy atom. The summed E-state index contributed by atoms with van der Waals surface area (Å²) in [6.45, 7) is 5.23. The molecule has 0 aliphatic heterocycles. The molecule has 1 aliphatic rings. The second kappa shape index (κ2) is 6.14. The predicted molar refractivity (Wildman–Crippen MR) is 72.3 cm³/mol. The highest BCUT2D eigenvalue weighted by Crippen LogP contribution is 2.31. The topological polar surface area (TPSA) is 47.0 Å². The summed E-state index contributed by atoms with van der Waals surface area (Å²) >= 11 is 0. The first kappa shape index (κ1) is 13.3. The molecule has 1 fully saturated rings. The van der Waals surface area contributed by atoms with Crippen LogP contribution in [0.2, 0.25) is 0 Å². The highest BCUT2D eigenvalue weighted by molar-refractivity contribution is 5.29. The van der Waals surface area contributed by atoms with Gasteiger partial charge in [-0.25, -0.2) is 4.98 Å². The minimum Gasteiger partial charge on any atom is -0.372 e. The molecule has 18 heavy (non-hydrogen) atoms. The molecule has 0 saturated heterocycles. The Morgan fingerprint density at radius 3 is 2.67 bits per heavy atom. The van der Waals surface area contributed by atoms with Gasteiger partial charge in [0.25, 0.3) is 0 Å². The second-order valence-corrected chi connectivity index (χ2v) is 5.34. The lowest BCUT2D eigenvalue weighted by molar-refractivity contribution is -0.00885. The van der Waals surface area contributed by atoms with Gasteiger partial charge in [0, 0.05) is 7.05 Å². The van der Waals surface area contributed by atoms with Crippen molar-refractivity contribution in [2.45, 2.75) is 45.8 Å². The van der Waals surface area contributed by atoms with Crippen molar-refractivity contribution in [2.75, 3.05) is 12.4 Å². The van der Waals surface area contributed by atoms with E-state index >= 15 is 0 Å². The molecule has 4 heteroatoms. The molecular weight excluding hydrogens is 226 g/mol. The van der Waals surface area contributed by atoms with E-state index in [1.54, 1.807) is 12.4 Å². The number of rotatable bonds is 4. The first-order chi connectivity index (χ1) is 8.69. The smallest absolute Gasteiger partial charge is 0.144 e. The molecule has 1 saturated carbocycles. The van der Waals surface area contributed by atoms with Gasteiger partial charge in [0.2, 0.25) is 0 Å². The highest BCUT2D eigenvalue weighted by Gasteiger charge is 2.24. The minimum absolute atomic E-state index is 0.391. The van der Waals surface area contributed by atoms with Crippen LogP contribution >= 0.6 is 0 Å². The molecule has 1 aliphatic carbocycles. The molecule has 0 spiro atoms. The maximum absolute atomic E-state index is 5.94. The van der Waals surface area contributed by atoms with Gasteiger partial charge in [0.15, 0.2) is 0 Å². The van der Waals surface area contributed by atoms with Gasteiger partial charge < -0.3 is 10.1 Å². The summed E-state index contributed by atoms with van der Waals surface area (Å²) in [5, 5.41) is 2.96. The summed E-state index contributed by atoms with van der Waals surface area (Å²) in [6.07, 6.45) is 7.53. The van der Waals surface area contributed by atoms with Crippen molar-refractivity contribution in [2.24, 2.45) is 11.8 Å². The molecule has 0 bridgehead atoms. The number of aromatic nitrogens is 2. The molecule has 1 aromatic heterocycles. The number of anilines is 1. The lowest BCUT2D eigenvalue weighted by atomic mass is 9.80. The van der Waals surface area contributed by atoms with Gasteiger partial charge in [-0.05, 0) is 31.1 Å². The summed E-state index contributed by atoms with van der Waals surface area (Å²) in [6, 6.07) is 0. The third kappa shape index (κ3) is 3.42. The van der Waals surface area contributed by atoms with Crippen molar-refractivity contribution < 1.29 is 4.74 Å². The molecule has 0 amide bonds. The third-order valence-electron chi connectivity index (χ3n) is 3.98. The molecule has 3 unspecified atom stereocenters. The number of nitrogens with zero attached hydrogens (tertiary/aromatic N) is 2. The predicted octanol–water partition coefficient (Wildman–Crippen LogP) is 2.86. The van der Waals surface area contributed by atoms with E-state index in [0.717, 1.165) is 23.3 Å². The molecule has 3 atom stereocenters. The fraction of sp³-hybridized carbons (Fsp3) is 0.714. The van der Waals surface area contributed by atoms with E-state index in [-0.39, 0.29) is 0 Å². The maximum Gasteiger partial charge on any atom is 0.144 e. The SMILES string of the molecule is CNc1cnc(COC2CCC(C)C(C)C2)cn1. The third-order valence-corrected chi connectivity index (χ3v) is 3.98. The van der Waals surface area contributed by atoms with Crippen LogP contribution in [0.15, 0.2) is 12.4 Å². The van der Waals surface area contributed by atoms with Crippen LogP contribution in [0.4, 0.5) is 5.82 Å². The van der Waals surface area contributed by atoms with E-state index in [2.05, 4.69) is 29.1 Å². The van der Waals surface area contributed by atoms with Crippen molar-refractivity contribution in [3.63, 3.8) is 0 Å². The monoisotopic (exact) mass is 249 g/mol. The molecule has 0 aromatic carbocycles. The number of hydrogen-bond donors (Lipinski definition) is 1. The van der Waals surface area contributed by atoms with E-state index < -0.39 is 0 Å². The average Bonchev–Trinajstić information content (AvgIpc) is 2.41. The molecular formula is C14H23N3O. The van der Waals surface area contributed by atoms with Gasteiger partial charge in [-0.15, -0.1) is 0 Å². The van der Waals surface area contributed by atoms with Gasteiger partial charge in [-0.2, -0.15) is 0 Å². The van der Waals surface area contributed by atoms with Crippen molar-refractivity contribution in [3.8, 4) is 0 Å². The van der Waals surface area contributed by atoms with Crippen LogP contribution in [0, 0.1) is 11.8 Å². The van der Waals surface area contributed by atoms with Crippen LogP contribution in [0.3, 0.4) is 0 Å². The quantitative estimate of drug-likeness (QED) is 0.891. The van der Waals surface area contributed by atoms with E-state index in [1.165, 1.54) is 19.3 Å². The lowest BCUT2D eigenvalue weighted by Gasteiger charge is -2.31. The Labute approximate surface area is 109 Å². The summed E-state index contributed by atoms with van der Waals surface area (Å²) in [7, 11) is 1.84. The Bertz CT molecular complexity index is 366. The van der Waals surface area contributed by atoms with Crippen molar-refractivity contribution in [1.82, 2.24) is 9.97 Å². The summed E-state index contributed by atoms with van der Waals surface area (Å²) < 4.78 is 5.94. The summed E-state index contributed by atoms with van der Waals surface area (Å²) in [4.78, 5) is 8.55. The number of hydrogen-bond acceptors (Lipinski definition) is 4. The van der Waals surface area contributed by atoms with Gasteiger partial charge in [-0.3, -0.25) is 4.98 Å². The largest absolute Gasteiger partial charge is 0.372 e. The Morgan fingerprint density at radius 2 is 2.06 bits per heavy atom. The number of nitrogens with one attached hydrogen (secondary N) is 1. The first-order valence-electron chi connectivity index (χ1n) is 6.79. The van der Waals surface area contributed by atoms with Gasteiger partial charge >= 0.3 is 0 Å². The van der Waals surface area contributed by atoms with Crippen molar-refractivity contribution in [3.05, 3.63) is 18.1 Å². The zero-order valence-electron chi connectivity index (χ0n) is 11.5. The van der Waals surface area contributed by atoms with Crippen LogP contribution in [0.25, 0.3) is 0 Å². The molecule has 1 aromatic rings. The molecule has 4 nitrogen and oxygen atoms in total. The van der Waals surface area contributed by atoms with Crippen LogP contribution in [-0.2, 0) is 11.3 Å². The Balaban J connectivity index is 1.80. The standard InChI is InChI=1S/C14H23N3O/c1-10-4-5-13(6-11(10)2)18-9-12-7-17-14(15-3)8-16-12/h7-8,10-11,13H,4-6,9H2,1-3H3,(H,15,17). The summed E-state index contributed by atoms with van der Waals surface area (Å²) in [5.74, 6) is 2.39. The van der Waals surface area contributed by atoms with Crippen LogP contribution in [0.1, 0.15) is 38.8 Å². The van der Waals surface area contributed by atoms with Gasteiger partial charge in [0.05, 0.1) is 30.8 Å². The first-order valence-corrected chi connectivity index (χ1v) is 6.79. The molecule has 100 valence electrons. The van der Waals surface area contributed by atoms with E-state index in [0.29, 0.717) is 12.7 Å². The fourth-order valence-electron chi connectivity index (χ4n) is 2.41.